The van der Waals surface area contributed by atoms with Crippen LogP contribution in [-0.2, 0) is 48.3 Å². The van der Waals surface area contributed by atoms with Crippen molar-refractivity contribution in [2.24, 2.45) is 4.99 Å². The predicted octanol–water partition coefficient (Wildman–Crippen LogP) is 9.79. The topological polar surface area (TPSA) is 336 Å². The van der Waals surface area contributed by atoms with E-state index >= 15 is 0 Å². The van der Waals surface area contributed by atoms with Crippen LogP contribution in [0.2, 0.25) is 0 Å². The molecular weight excluding hydrogens is 1300 g/mol. The number of anilines is 3. The molecule has 0 aliphatic carbocycles. The molecule has 9 aromatic rings. The molecule has 1 aliphatic heterocycles. The van der Waals surface area contributed by atoms with Crippen LogP contribution in [0.5, 0.6) is 17.2 Å². The molecule has 518 valence electrons. The number of nitrogen functional groups attached to an aromatic ring is 1. The Morgan fingerprint density at radius 1 is 0.580 bits per heavy atom. The zero-order valence-electron chi connectivity index (χ0n) is 58.0. The molecule has 5 amide bonds. The second kappa shape index (κ2) is 40.0. The Bertz CT molecular complexity index is 4450. The molecule has 1 fully saturated rings. The van der Waals surface area contributed by atoms with Crippen molar-refractivity contribution in [3.05, 3.63) is 144 Å². The molecular formula is C75H85KN12O12. The number of carbonyl (C=O) groups is 5. The summed E-state index contributed by atoms with van der Waals surface area (Å²) in [5, 5.41) is 49.9. The first-order valence-electron chi connectivity index (χ1n) is 32.0. The fourth-order valence-corrected chi connectivity index (χ4v) is 10.6. The number of fused-ring (bicyclic) bond motifs is 3. The number of rotatable bonds is 20. The van der Waals surface area contributed by atoms with Crippen molar-refractivity contribution in [2.75, 3.05) is 68.6 Å². The van der Waals surface area contributed by atoms with Gasteiger partial charge in [-0.1, -0.05) is 64.6 Å². The van der Waals surface area contributed by atoms with E-state index in [-0.39, 0.29) is 91.0 Å². The molecule has 0 bridgehead atoms. The molecule has 3 aromatic heterocycles. The van der Waals surface area contributed by atoms with Gasteiger partial charge in [-0.2, -0.15) is 20.8 Å². The summed E-state index contributed by atoms with van der Waals surface area (Å²) in [6.45, 7) is 24.3. The van der Waals surface area contributed by atoms with Crippen LogP contribution in [0.3, 0.4) is 0 Å². The van der Waals surface area contributed by atoms with Gasteiger partial charge in [0.05, 0.1) is 95.6 Å². The number of urea groups is 2. The molecule has 5 N–H and O–H groups in total. The van der Waals surface area contributed by atoms with Crippen molar-refractivity contribution in [2.45, 2.75) is 109 Å². The smallest absolute Gasteiger partial charge is 0.850 e. The Kier molecular flexibility index (Phi) is 32.8. The Hall–Kier alpha value is -10.3. The number of aromatic nitrogens is 3. The van der Waals surface area contributed by atoms with E-state index in [2.05, 4.69) is 64.5 Å². The first-order chi connectivity index (χ1) is 47.1. The van der Waals surface area contributed by atoms with Crippen molar-refractivity contribution in [1.29, 1.82) is 15.8 Å². The van der Waals surface area contributed by atoms with Crippen molar-refractivity contribution >= 4 is 85.8 Å². The molecule has 1 saturated heterocycles. The Balaban J connectivity index is 0.000000290. The van der Waals surface area contributed by atoms with Crippen LogP contribution in [-0.4, -0.2) is 108 Å². The average Bonchev–Trinajstić information content (AvgIpc) is 1.62. The fourth-order valence-electron chi connectivity index (χ4n) is 10.6. The number of aryl methyl sites for hydroxylation is 3. The summed E-state index contributed by atoms with van der Waals surface area (Å²) < 4.78 is 32.4. The van der Waals surface area contributed by atoms with E-state index in [4.69, 9.17) is 24.7 Å². The van der Waals surface area contributed by atoms with Crippen LogP contribution >= 0.6 is 0 Å². The van der Waals surface area contributed by atoms with Crippen molar-refractivity contribution < 1.29 is 109 Å². The van der Waals surface area contributed by atoms with Crippen LogP contribution in [0.25, 0.3) is 66.5 Å². The van der Waals surface area contributed by atoms with E-state index in [0.717, 1.165) is 95.2 Å². The Morgan fingerprint density at radius 2 is 0.950 bits per heavy atom. The molecule has 0 spiro atoms. The molecule has 0 unspecified atom stereocenters. The van der Waals surface area contributed by atoms with Gasteiger partial charge in [0.25, 0.3) is 5.91 Å². The van der Waals surface area contributed by atoms with E-state index in [1.807, 2.05) is 138 Å². The van der Waals surface area contributed by atoms with E-state index in [1.54, 1.807) is 58.9 Å². The molecule has 4 heterocycles. The number of isocyanates is 1. The molecule has 0 radical (unpaired) electrons. The van der Waals surface area contributed by atoms with E-state index < -0.39 is 29.6 Å². The van der Waals surface area contributed by atoms with Gasteiger partial charge in [0.2, 0.25) is 6.08 Å². The minimum Gasteiger partial charge on any atom is -0.850 e. The molecule has 24 nitrogen and oxygen atoms in total. The van der Waals surface area contributed by atoms with Crippen LogP contribution in [0.1, 0.15) is 100 Å². The summed E-state index contributed by atoms with van der Waals surface area (Å²) >= 11 is 0. The number of ether oxygens (including phenoxy) is 5. The number of esters is 2. The number of nitrogens with two attached hydrogens (primary N) is 1. The third-order valence-electron chi connectivity index (χ3n) is 14.4. The summed E-state index contributed by atoms with van der Waals surface area (Å²) in [5.41, 5.74) is 16.8. The summed E-state index contributed by atoms with van der Waals surface area (Å²) in [5.74, 6) is 1.06. The number of imide groups is 1. The third-order valence-corrected chi connectivity index (χ3v) is 14.4. The second-order valence-electron chi connectivity index (χ2n) is 22.1. The van der Waals surface area contributed by atoms with Crippen molar-refractivity contribution in [3.63, 3.8) is 0 Å². The Morgan fingerprint density at radius 3 is 1.28 bits per heavy atom. The monoisotopic (exact) mass is 1380 g/mol. The SMILES string of the molecule is C.CC(C)(C)[O-].CCOC(=O)CN=C=O.CCOC(=O)CNC(=O)Nc1ccc(-c2c(C#N)c3ccc(OCC)cc3n2CC)cc1.CCOc1ccc2c(C#N)c(-c3ccc(N)cc3)n(CC)c2c1.CCOc1ccc2c(C#N)c(-c3ccc(N4C(=O)CNC4=O)cc3)n(CC)c2c1.[K+]. The fraction of sp³-hybridized carbons (Fsp3) is 0.320. The Labute approximate surface area is 625 Å². The summed E-state index contributed by atoms with van der Waals surface area (Å²) in [6.07, 6.45) is 1.23. The van der Waals surface area contributed by atoms with E-state index in [9.17, 15) is 49.7 Å². The van der Waals surface area contributed by atoms with Crippen LogP contribution < -0.4 is 97.3 Å². The number of nitrogens with one attached hydrogen (secondary N) is 3. The number of nitrogens with zero attached hydrogens (tertiary/aromatic N) is 8. The second-order valence-corrected chi connectivity index (χ2v) is 22.1. The molecule has 0 saturated carbocycles. The zero-order chi connectivity index (χ0) is 71.6. The van der Waals surface area contributed by atoms with Gasteiger partial charge >= 0.3 is 75.4 Å². The van der Waals surface area contributed by atoms with Gasteiger partial charge in [-0.3, -0.25) is 14.4 Å². The van der Waals surface area contributed by atoms with E-state index in [1.165, 1.54) is 6.08 Å². The minimum atomic E-state index is -0.750. The molecule has 25 heteroatoms. The number of amides is 5. The maximum absolute atomic E-state index is 12.0. The number of hydrogen-bond acceptors (Lipinski definition) is 17. The number of benzene rings is 6. The molecule has 1 aliphatic rings. The number of nitriles is 3. The quantitative estimate of drug-likeness (QED) is 0.0138. The predicted molar refractivity (Wildman–Crippen MR) is 382 cm³/mol. The van der Waals surface area contributed by atoms with Crippen LogP contribution in [0, 0.1) is 34.0 Å². The maximum Gasteiger partial charge on any atom is 1.00 e. The molecule has 100 heavy (non-hydrogen) atoms. The summed E-state index contributed by atoms with van der Waals surface area (Å²) in [4.78, 5) is 71.0. The van der Waals surface area contributed by atoms with Crippen molar-refractivity contribution in [1.82, 2.24) is 24.3 Å². The van der Waals surface area contributed by atoms with Gasteiger partial charge in [-0.15, -0.1) is 5.60 Å². The maximum atomic E-state index is 12.0. The van der Waals surface area contributed by atoms with Gasteiger partial charge in [-0.25, -0.2) is 19.3 Å². The van der Waals surface area contributed by atoms with Crippen LogP contribution in [0.15, 0.2) is 132 Å². The summed E-state index contributed by atoms with van der Waals surface area (Å²) in [6, 6.07) is 45.4. The zero-order valence-corrected chi connectivity index (χ0v) is 61.1. The number of carbonyl (C=O) groups excluding carboxylic acids is 6. The molecule has 10 rings (SSSR count). The third kappa shape index (κ3) is 21.4. The van der Waals surface area contributed by atoms with E-state index in [0.29, 0.717) is 73.3 Å². The first kappa shape index (κ1) is 82.2. The average molecular weight is 1390 g/mol. The normalized spacial score (nSPS) is 11.0. The van der Waals surface area contributed by atoms with Gasteiger partial charge < -0.3 is 64.2 Å². The number of hydrogen-bond donors (Lipinski definition) is 4. The molecule has 6 aromatic carbocycles. The minimum absolute atomic E-state index is 0. The largest absolute Gasteiger partial charge is 1.00 e. The van der Waals surface area contributed by atoms with Gasteiger partial charge in [-0.05, 0) is 145 Å². The van der Waals surface area contributed by atoms with Gasteiger partial charge in [0.1, 0.15) is 48.5 Å². The standard InChI is InChI=1S/C24H26N4O4.C22H20N4O3.C19H19N3O.C5H7NO3.C4H9O.CH4.K/c1-4-28-21-13-18(31-5-2)11-12-19(21)20(14-25)23(28)16-7-9-17(10-8-16)27-24(30)26-15-22(29)32-6-3;1-3-25-19-11-16(29-4-2)9-10-17(19)18(12-23)21(25)14-5-7-15(8-6-14)26-20(27)13-24-22(26)28;1-3-22-18-11-15(23-4-2)9-10-16(18)17(12-20)19(22)13-5-7-14(21)8-6-13;1-2-9-5(8)3-6-4-7;1-4(2,3)5;;/h7-13H,4-6,15H2,1-3H3,(H2,26,27,30);5-11H,3-4,13H2,1-2H3,(H,24,28);5-11H,3-4,21H2,1-2H3;2-3H2,1H3;1-3H3;1H4;/q;;;;-1;;+1. The summed E-state index contributed by atoms with van der Waals surface area (Å²) in [7, 11) is 0. The van der Waals surface area contributed by atoms with Gasteiger partial charge in [0, 0.05) is 65.4 Å². The van der Waals surface area contributed by atoms with Crippen LogP contribution in [0.4, 0.5) is 26.7 Å². The first-order valence-corrected chi connectivity index (χ1v) is 32.0. The number of aliphatic imine (C=N–C) groups is 1. The van der Waals surface area contributed by atoms with Crippen molar-refractivity contribution in [3.8, 4) is 69.2 Å². The van der Waals surface area contributed by atoms with Gasteiger partial charge in [0.15, 0.2) is 0 Å². The molecule has 0 atom stereocenters.